The first-order valence-electron chi connectivity index (χ1n) is 5.99. The van der Waals surface area contributed by atoms with Crippen LogP contribution in [-0.2, 0) is 0 Å². The third-order valence-corrected chi connectivity index (χ3v) is 3.76. The van der Waals surface area contributed by atoms with Gasteiger partial charge in [-0.3, -0.25) is 0 Å². The molecular weight excluding hydrogens is 188 g/mol. The zero-order chi connectivity index (χ0) is 11.6. The molecule has 90 valence electrons. The van der Waals surface area contributed by atoms with Gasteiger partial charge in [-0.2, -0.15) is 0 Å². The Morgan fingerprint density at radius 2 is 2.00 bits per heavy atom. The van der Waals surface area contributed by atoms with Crippen LogP contribution in [0.25, 0.3) is 0 Å². The van der Waals surface area contributed by atoms with Gasteiger partial charge < -0.3 is 15.7 Å². The Morgan fingerprint density at radius 1 is 1.47 bits per heavy atom. The van der Waals surface area contributed by atoms with Crippen LogP contribution in [0.2, 0.25) is 0 Å². The van der Waals surface area contributed by atoms with Crippen LogP contribution >= 0.6 is 0 Å². The molecule has 0 aliphatic heterocycles. The molecule has 1 aliphatic rings. The van der Waals surface area contributed by atoms with Gasteiger partial charge in [0.2, 0.25) is 0 Å². The van der Waals surface area contributed by atoms with Crippen molar-refractivity contribution in [2.45, 2.75) is 57.7 Å². The molecular formula is C12H26N2O. The van der Waals surface area contributed by atoms with E-state index in [0.717, 1.165) is 12.3 Å². The van der Waals surface area contributed by atoms with E-state index in [0.29, 0.717) is 12.1 Å². The maximum atomic E-state index is 9.14. The molecule has 3 N–H and O–H groups in total. The molecule has 0 saturated heterocycles. The summed E-state index contributed by atoms with van der Waals surface area (Å²) in [6, 6.07) is 1.08. The monoisotopic (exact) mass is 214 g/mol. The minimum Gasteiger partial charge on any atom is -0.394 e. The van der Waals surface area contributed by atoms with E-state index >= 15 is 0 Å². The average Bonchev–Trinajstić information content (AvgIpc) is 2.98. The number of nitrogens with two attached hydrogens (primary N) is 1. The van der Waals surface area contributed by atoms with Crippen LogP contribution in [0.15, 0.2) is 0 Å². The molecule has 3 atom stereocenters. The van der Waals surface area contributed by atoms with Crippen molar-refractivity contribution in [3.8, 4) is 0 Å². The minimum atomic E-state index is -0.447. The number of hydrogen-bond donors (Lipinski definition) is 2. The highest BCUT2D eigenvalue weighted by Crippen LogP contribution is 2.35. The molecule has 0 spiro atoms. The number of rotatable bonds is 6. The molecule has 1 rings (SSSR count). The Kier molecular flexibility index (Phi) is 4.15. The van der Waals surface area contributed by atoms with E-state index in [1.807, 2.05) is 6.92 Å². The van der Waals surface area contributed by atoms with Crippen molar-refractivity contribution >= 4 is 0 Å². The van der Waals surface area contributed by atoms with Crippen LogP contribution in [0.4, 0.5) is 0 Å². The molecule has 1 saturated carbocycles. The molecule has 0 amide bonds. The Bertz CT molecular complexity index is 202. The highest BCUT2D eigenvalue weighted by Gasteiger charge is 2.33. The van der Waals surface area contributed by atoms with Gasteiger partial charge in [-0.1, -0.05) is 0 Å². The second kappa shape index (κ2) is 4.81. The molecule has 15 heavy (non-hydrogen) atoms. The summed E-state index contributed by atoms with van der Waals surface area (Å²) in [5.41, 5.74) is 5.52. The molecule has 0 radical (unpaired) electrons. The first-order valence-corrected chi connectivity index (χ1v) is 5.99. The normalized spacial score (nSPS) is 25.0. The summed E-state index contributed by atoms with van der Waals surface area (Å²) >= 11 is 0. The van der Waals surface area contributed by atoms with Crippen LogP contribution in [0, 0.1) is 5.92 Å². The van der Waals surface area contributed by atoms with E-state index in [1.54, 1.807) is 0 Å². The predicted octanol–water partition coefficient (Wildman–Crippen LogP) is 1.21. The second-order valence-corrected chi connectivity index (χ2v) is 5.61. The van der Waals surface area contributed by atoms with Crippen molar-refractivity contribution in [2.24, 2.45) is 11.7 Å². The molecule has 1 fully saturated rings. The Morgan fingerprint density at radius 3 is 2.40 bits per heavy atom. The van der Waals surface area contributed by atoms with Crippen LogP contribution in [-0.4, -0.2) is 41.3 Å². The van der Waals surface area contributed by atoms with Crippen LogP contribution in [0.1, 0.15) is 40.0 Å². The van der Waals surface area contributed by atoms with Crippen molar-refractivity contribution in [2.75, 3.05) is 13.7 Å². The number of hydrogen-bond acceptors (Lipinski definition) is 3. The Labute approximate surface area is 93.6 Å². The molecule has 0 aromatic heterocycles. The quantitative estimate of drug-likeness (QED) is 0.698. The second-order valence-electron chi connectivity index (χ2n) is 5.61. The van der Waals surface area contributed by atoms with Crippen molar-refractivity contribution in [1.29, 1.82) is 0 Å². The number of nitrogens with zero attached hydrogens (tertiary/aromatic N) is 1. The summed E-state index contributed by atoms with van der Waals surface area (Å²) < 4.78 is 0. The molecule has 3 nitrogen and oxygen atoms in total. The van der Waals surface area contributed by atoms with Crippen molar-refractivity contribution in [1.82, 2.24) is 4.90 Å². The van der Waals surface area contributed by atoms with Gasteiger partial charge in [0.05, 0.1) is 6.61 Å². The lowest BCUT2D eigenvalue weighted by atomic mass is 9.94. The fourth-order valence-corrected chi connectivity index (χ4v) is 2.20. The summed E-state index contributed by atoms with van der Waals surface area (Å²) in [5.74, 6) is 0.885. The van der Waals surface area contributed by atoms with E-state index in [4.69, 9.17) is 10.8 Å². The van der Waals surface area contributed by atoms with Gasteiger partial charge in [0.15, 0.2) is 0 Å². The van der Waals surface area contributed by atoms with E-state index < -0.39 is 5.54 Å². The third-order valence-electron chi connectivity index (χ3n) is 3.76. The zero-order valence-electron chi connectivity index (χ0n) is 10.5. The SMILES string of the molecule is CC(CC(C)(N)CO)N(C)C(C)C1CC1. The molecule has 0 heterocycles. The largest absolute Gasteiger partial charge is 0.394 e. The van der Waals surface area contributed by atoms with Gasteiger partial charge in [-0.25, -0.2) is 0 Å². The van der Waals surface area contributed by atoms with Gasteiger partial charge in [0, 0.05) is 17.6 Å². The first-order chi connectivity index (χ1) is 6.87. The van der Waals surface area contributed by atoms with E-state index in [1.165, 1.54) is 12.8 Å². The van der Waals surface area contributed by atoms with Crippen LogP contribution < -0.4 is 5.73 Å². The van der Waals surface area contributed by atoms with E-state index in [9.17, 15) is 0 Å². The minimum absolute atomic E-state index is 0.0585. The van der Waals surface area contributed by atoms with Gasteiger partial charge in [0.1, 0.15) is 0 Å². The standard InChI is InChI=1S/C12H26N2O/c1-9(7-12(3,13)8-15)14(4)10(2)11-5-6-11/h9-11,15H,5-8,13H2,1-4H3. The first kappa shape index (κ1) is 12.9. The average molecular weight is 214 g/mol. The van der Waals surface area contributed by atoms with Crippen molar-refractivity contribution in [3.05, 3.63) is 0 Å². The van der Waals surface area contributed by atoms with E-state index in [2.05, 4.69) is 25.8 Å². The maximum absolute atomic E-state index is 9.14. The number of aliphatic hydroxyl groups is 1. The zero-order valence-corrected chi connectivity index (χ0v) is 10.5. The van der Waals surface area contributed by atoms with Gasteiger partial charge >= 0.3 is 0 Å². The summed E-state index contributed by atoms with van der Waals surface area (Å²) in [5, 5.41) is 9.14. The third kappa shape index (κ3) is 3.74. The fourth-order valence-electron chi connectivity index (χ4n) is 2.20. The summed E-state index contributed by atoms with van der Waals surface area (Å²) in [6.45, 7) is 6.46. The maximum Gasteiger partial charge on any atom is 0.0609 e. The Hall–Kier alpha value is -0.120. The summed E-state index contributed by atoms with van der Waals surface area (Å²) in [7, 11) is 2.17. The molecule has 3 heteroatoms. The molecule has 3 unspecified atom stereocenters. The Balaban J connectivity index is 2.41. The van der Waals surface area contributed by atoms with Gasteiger partial charge in [0.25, 0.3) is 0 Å². The molecule has 0 bridgehead atoms. The summed E-state index contributed by atoms with van der Waals surface area (Å²) in [4.78, 5) is 2.40. The summed E-state index contributed by atoms with van der Waals surface area (Å²) in [6.07, 6.45) is 3.59. The fraction of sp³-hybridized carbons (Fsp3) is 1.00. The highest BCUT2D eigenvalue weighted by molar-refractivity contribution is 4.89. The molecule has 1 aliphatic carbocycles. The molecule has 0 aromatic rings. The number of aliphatic hydroxyl groups excluding tert-OH is 1. The van der Waals surface area contributed by atoms with Crippen LogP contribution in [0.3, 0.4) is 0 Å². The smallest absolute Gasteiger partial charge is 0.0609 e. The lowest BCUT2D eigenvalue weighted by Gasteiger charge is -2.35. The van der Waals surface area contributed by atoms with Crippen LogP contribution in [0.5, 0.6) is 0 Å². The molecule has 0 aromatic carbocycles. The van der Waals surface area contributed by atoms with Gasteiger partial charge in [-0.15, -0.1) is 0 Å². The van der Waals surface area contributed by atoms with Crippen molar-refractivity contribution < 1.29 is 5.11 Å². The highest BCUT2D eigenvalue weighted by atomic mass is 16.3. The van der Waals surface area contributed by atoms with Gasteiger partial charge in [-0.05, 0) is 53.0 Å². The van der Waals surface area contributed by atoms with Crippen molar-refractivity contribution in [3.63, 3.8) is 0 Å². The lowest BCUT2D eigenvalue weighted by Crippen LogP contribution is -2.48. The lowest BCUT2D eigenvalue weighted by molar-refractivity contribution is 0.123. The topological polar surface area (TPSA) is 49.5 Å². The predicted molar refractivity (Wildman–Crippen MR) is 63.7 cm³/mol. The van der Waals surface area contributed by atoms with E-state index in [-0.39, 0.29) is 6.61 Å².